The van der Waals surface area contributed by atoms with Crippen LogP contribution < -0.4 is 5.73 Å². The minimum absolute atomic E-state index is 0.164. The number of hydrogen-bond donors (Lipinski definition) is 1. The maximum absolute atomic E-state index is 5.51. The molecular weight excluding hydrogens is 208 g/mol. The van der Waals surface area contributed by atoms with Crippen LogP contribution in [0.2, 0.25) is 0 Å². The fraction of sp³-hybridized carbons (Fsp3) is 0.417. The number of unbranched alkanes of at least 4 members (excludes halogenated alkanes) is 1. The quantitative estimate of drug-likeness (QED) is 0.544. The second-order valence-corrected chi connectivity index (χ2v) is 3.92. The molecule has 2 N–H and O–H groups in total. The molecule has 0 aliphatic heterocycles. The molecule has 0 rings (SSSR count). The van der Waals surface area contributed by atoms with Crippen LogP contribution in [0, 0.1) is 0 Å². The maximum Gasteiger partial charge on any atom is 0.118 e. The van der Waals surface area contributed by atoms with E-state index in [1.54, 1.807) is 0 Å². The van der Waals surface area contributed by atoms with Crippen LogP contribution >= 0.6 is 11.6 Å². The molecule has 0 atom stereocenters. The van der Waals surface area contributed by atoms with E-state index in [4.69, 9.17) is 17.3 Å². The summed E-state index contributed by atoms with van der Waals surface area (Å²) < 4.78 is 0. The summed E-state index contributed by atoms with van der Waals surface area (Å²) >= 11 is 5.51. The van der Waals surface area contributed by atoms with Gasteiger partial charge in [0.1, 0.15) is 5.16 Å². The van der Waals surface area contributed by atoms with Crippen LogP contribution in [0.3, 0.4) is 0 Å². The van der Waals surface area contributed by atoms with E-state index in [1.807, 2.05) is 6.92 Å². The summed E-state index contributed by atoms with van der Waals surface area (Å²) in [6.07, 6.45) is 4.59. The van der Waals surface area contributed by atoms with Crippen LogP contribution in [0.1, 0.15) is 33.1 Å². The highest BCUT2D eigenvalue weighted by Gasteiger charge is 2.04. The second kappa shape index (κ2) is 7.30. The van der Waals surface area contributed by atoms with Gasteiger partial charge in [-0.05, 0) is 30.9 Å². The molecule has 15 heavy (non-hydrogen) atoms. The lowest BCUT2D eigenvalue weighted by Crippen LogP contribution is -2.03. The largest absolute Gasteiger partial charge is 0.388 e. The van der Waals surface area contributed by atoms with Gasteiger partial charge in [0.15, 0.2) is 0 Å². The van der Waals surface area contributed by atoms with Crippen molar-refractivity contribution in [1.82, 2.24) is 0 Å². The maximum atomic E-state index is 5.51. The Hall–Kier alpha value is -1.02. The Labute approximate surface area is 97.2 Å². The Morgan fingerprint density at radius 1 is 1.47 bits per heavy atom. The molecule has 0 spiro atoms. The predicted molar refractivity (Wildman–Crippen MR) is 69.0 cm³/mol. The lowest BCUT2D eigenvalue weighted by Gasteiger charge is -2.07. The van der Waals surface area contributed by atoms with Crippen molar-refractivity contribution in [2.75, 3.05) is 0 Å². The van der Waals surface area contributed by atoms with E-state index in [0.717, 1.165) is 36.1 Å². The van der Waals surface area contributed by atoms with E-state index in [-0.39, 0.29) is 5.16 Å². The summed E-state index contributed by atoms with van der Waals surface area (Å²) in [5.74, 6) is 0. The van der Waals surface area contributed by atoms with Crippen LogP contribution in [0.4, 0.5) is 0 Å². The molecule has 0 aromatic carbocycles. The van der Waals surface area contributed by atoms with Crippen LogP contribution in [-0.2, 0) is 0 Å². The Bertz CT molecular complexity index is 297. The zero-order valence-electron chi connectivity index (χ0n) is 9.52. The number of hydrogen-bond acceptors (Lipinski definition) is 2. The van der Waals surface area contributed by atoms with Gasteiger partial charge in [0.2, 0.25) is 0 Å². The van der Waals surface area contributed by atoms with E-state index < -0.39 is 0 Å². The minimum atomic E-state index is 0.164. The Balaban J connectivity index is 4.67. The molecule has 0 aromatic rings. The minimum Gasteiger partial charge on any atom is -0.388 e. The van der Waals surface area contributed by atoms with Crippen molar-refractivity contribution >= 4 is 17.3 Å². The van der Waals surface area contributed by atoms with Crippen molar-refractivity contribution in [3.8, 4) is 0 Å². The zero-order valence-corrected chi connectivity index (χ0v) is 10.3. The fourth-order valence-corrected chi connectivity index (χ4v) is 1.19. The van der Waals surface area contributed by atoms with Gasteiger partial charge in [-0.1, -0.05) is 38.1 Å². The highest BCUT2D eigenvalue weighted by Crippen LogP contribution is 2.12. The van der Waals surface area contributed by atoms with Gasteiger partial charge in [0.05, 0.1) is 11.9 Å². The standard InChI is InChI=1S/C12H19ClN2/c1-5-6-7-10(4)12(9(2)3)15-8-11(13)14/h8H,2,4-7,14H2,1,3H3/b11-8-,15-12?. The first-order chi connectivity index (χ1) is 6.99. The normalized spacial score (nSPS) is 12.7. The van der Waals surface area contributed by atoms with Crippen molar-refractivity contribution in [2.24, 2.45) is 10.7 Å². The molecule has 0 fully saturated rings. The zero-order chi connectivity index (χ0) is 11.8. The van der Waals surface area contributed by atoms with Crippen LogP contribution in [0.25, 0.3) is 0 Å². The number of nitrogens with zero attached hydrogens (tertiary/aromatic N) is 1. The molecule has 3 heteroatoms. The van der Waals surface area contributed by atoms with Gasteiger partial charge in [-0.15, -0.1) is 0 Å². The smallest absolute Gasteiger partial charge is 0.118 e. The fourth-order valence-electron chi connectivity index (χ4n) is 1.14. The molecule has 0 aromatic heterocycles. The molecule has 0 bridgehead atoms. The Kier molecular flexibility index (Phi) is 6.80. The molecule has 2 nitrogen and oxygen atoms in total. The predicted octanol–water partition coefficient (Wildman–Crippen LogP) is 3.75. The molecule has 84 valence electrons. The third-order valence-electron chi connectivity index (χ3n) is 1.89. The first-order valence-electron chi connectivity index (χ1n) is 5.02. The average Bonchev–Trinajstić information content (AvgIpc) is 2.13. The lowest BCUT2D eigenvalue weighted by atomic mass is 10.0. The SMILES string of the molecule is C=C(C)C(=N/C=C(\N)Cl)C(=C)CCCC. The van der Waals surface area contributed by atoms with Gasteiger partial charge >= 0.3 is 0 Å². The Morgan fingerprint density at radius 2 is 2.07 bits per heavy atom. The summed E-state index contributed by atoms with van der Waals surface area (Å²) in [5, 5.41) is 0.164. The number of aliphatic imine (C=N–C) groups is 1. The van der Waals surface area contributed by atoms with Gasteiger partial charge in [-0.3, -0.25) is 4.99 Å². The monoisotopic (exact) mass is 226 g/mol. The molecule has 0 heterocycles. The van der Waals surface area contributed by atoms with Gasteiger partial charge < -0.3 is 5.73 Å². The summed E-state index contributed by atoms with van der Waals surface area (Å²) in [5.41, 5.74) is 7.96. The molecule has 0 amide bonds. The van der Waals surface area contributed by atoms with Crippen molar-refractivity contribution in [2.45, 2.75) is 33.1 Å². The van der Waals surface area contributed by atoms with Crippen molar-refractivity contribution in [1.29, 1.82) is 0 Å². The average molecular weight is 227 g/mol. The summed E-state index contributed by atoms with van der Waals surface area (Å²) in [6.45, 7) is 11.9. The lowest BCUT2D eigenvalue weighted by molar-refractivity contribution is 0.804. The first-order valence-corrected chi connectivity index (χ1v) is 5.39. The van der Waals surface area contributed by atoms with Gasteiger partial charge in [-0.25, -0.2) is 0 Å². The summed E-state index contributed by atoms with van der Waals surface area (Å²) in [6, 6.07) is 0. The molecule has 0 aliphatic carbocycles. The summed E-state index contributed by atoms with van der Waals surface area (Å²) in [4.78, 5) is 4.17. The van der Waals surface area contributed by atoms with Gasteiger partial charge in [0.25, 0.3) is 0 Å². The van der Waals surface area contributed by atoms with Crippen molar-refractivity contribution in [3.05, 3.63) is 35.7 Å². The van der Waals surface area contributed by atoms with E-state index in [0.29, 0.717) is 0 Å². The van der Waals surface area contributed by atoms with Gasteiger partial charge in [-0.2, -0.15) is 0 Å². The van der Waals surface area contributed by atoms with E-state index in [9.17, 15) is 0 Å². The second-order valence-electron chi connectivity index (χ2n) is 3.48. The molecule has 0 saturated heterocycles. The topological polar surface area (TPSA) is 38.4 Å². The molecule has 0 aliphatic rings. The summed E-state index contributed by atoms with van der Waals surface area (Å²) in [7, 11) is 0. The third-order valence-corrected chi connectivity index (χ3v) is 1.99. The number of rotatable bonds is 6. The Morgan fingerprint density at radius 3 is 2.47 bits per heavy atom. The number of nitrogens with two attached hydrogens (primary N) is 1. The third kappa shape index (κ3) is 6.13. The van der Waals surface area contributed by atoms with E-state index >= 15 is 0 Å². The number of halogens is 1. The van der Waals surface area contributed by atoms with Crippen molar-refractivity contribution < 1.29 is 0 Å². The van der Waals surface area contributed by atoms with E-state index in [2.05, 4.69) is 25.1 Å². The number of allylic oxidation sites excluding steroid dienone is 2. The highest BCUT2D eigenvalue weighted by molar-refractivity contribution is 6.29. The van der Waals surface area contributed by atoms with Crippen LogP contribution in [0.5, 0.6) is 0 Å². The van der Waals surface area contributed by atoms with Crippen LogP contribution in [-0.4, -0.2) is 5.71 Å². The molecule has 0 saturated carbocycles. The van der Waals surface area contributed by atoms with Gasteiger partial charge in [0, 0.05) is 0 Å². The highest BCUT2D eigenvalue weighted by atomic mass is 35.5. The van der Waals surface area contributed by atoms with E-state index in [1.165, 1.54) is 6.20 Å². The molecular formula is C12H19ClN2. The van der Waals surface area contributed by atoms with Crippen LogP contribution in [0.15, 0.2) is 40.7 Å². The molecule has 0 unspecified atom stereocenters. The van der Waals surface area contributed by atoms with Crippen molar-refractivity contribution in [3.63, 3.8) is 0 Å². The first kappa shape index (κ1) is 14.0. The molecule has 0 radical (unpaired) electrons.